The zero-order valence-electron chi connectivity index (χ0n) is 14.6. The smallest absolute Gasteiger partial charge is 0.395 e. The maximum atomic E-state index is 13.2. The number of hydrogen-bond donors (Lipinski definition) is 3. The van der Waals surface area contributed by atoms with Crippen LogP contribution in [0.2, 0.25) is 0 Å². The molecule has 146 valence electrons. The Bertz CT molecular complexity index is 778. The molecule has 1 aliphatic rings. The van der Waals surface area contributed by atoms with Crippen LogP contribution >= 0.6 is 0 Å². The van der Waals surface area contributed by atoms with Crippen molar-refractivity contribution in [2.75, 3.05) is 55.3 Å². The van der Waals surface area contributed by atoms with Crippen LogP contribution in [0.5, 0.6) is 0 Å². The number of rotatable bonds is 5. The Hall–Kier alpha value is -2.59. The summed E-state index contributed by atoms with van der Waals surface area (Å²) in [6.07, 6.45) is -3.21. The summed E-state index contributed by atoms with van der Waals surface area (Å²) < 4.78 is 39.6. The second kappa shape index (κ2) is 7.97. The third kappa shape index (κ3) is 4.40. The number of anilines is 4. The first-order chi connectivity index (χ1) is 12.9. The van der Waals surface area contributed by atoms with Crippen molar-refractivity contribution in [1.29, 1.82) is 0 Å². The van der Waals surface area contributed by atoms with E-state index in [2.05, 4.69) is 20.2 Å². The number of nitrogens with zero attached hydrogens (tertiary/aromatic N) is 4. The van der Waals surface area contributed by atoms with Crippen LogP contribution in [0.1, 0.15) is 5.56 Å². The Morgan fingerprint density at radius 1 is 1.11 bits per heavy atom. The van der Waals surface area contributed by atoms with Crippen molar-refractivity contribution in [2.45, 2.75) is 6.18 Å². The number of aliphatic hydroxyl groups is 1. The molecule has 0 radical (unpaired) electrons. The molecule has 1 aromatic heterocycles. The van der Waals surface area contributed by atoms with Gasteiger partial charge in [-0.2, -0.15) is 13.2 Å². The lowest BCUT2D eigenvalue weighted by Crippen LogP contribution is -2.47. The molecule has 2 heterocycles. The van der Waals surface area contributed by atoms with Crippen LogP contribution in [-0.4, -0.2) is 59.3 Å². The van der Waals surface area contributed by atoms with Gasteiger partial charge in [0.15, 0.2) is 11.6 Å². The van der Waals surface area contributed by atoms with Crippen molar-refractivity contribution in [2.24, 2.45) is 0 Å². The predicted octanol–water partition coefficient (Wildman–Crippen LogP) is 1.94. The van der Waals surface area contributed by atoms with Crippen LogP contribution in [0, 0.1) is 0 Å². The molecule has 2 aromatic rings. The van der Waals surface area contributed by atoms with Crippen LogP contribution < -0.4 is 16.0 Å². The monoisotopic (exact) mass is 382 g/mol. The third-order valence-electron chi connectivity index (χ3n) is 4.44. The Morgan fingerprint density at radius 3 is 2.48 bits per heavy atom. The summed E-state index contributed by atoms with van der Waals surface area (Å²) in [5.41, 5.74) is 5.44. The largest absolute Gasteiger partial charge is 0.418 e. The molecule has 1 fully saturated rings. The van der Waals surface area contributed by atoms with Gasteiger partial charge in [-0.3, -0.25) is 4.90 Å². The molecule has 0 atom stereocenters. The van der Waals surface area contributed by atoms with Gasteiger partial charge in [-0.05, 0) is 12.1 Å². The van der Waals surface area contributed by atoms with Crippen molar-refractivity contribution < 1.29 is 18.3 Å². The van der Waals surface area contributed by atoms with Crippen molar-refractivity contribution in [3.8, 4) is 0 Å². The maximum absolute atomic E-state index is 13.2. The minimum absolute atomic E-state index is 0.0995. The van der Waals surface area contributed by atoms with Gasteiger partial charge in [-0.1, -0.05) is 12.1 Å². The first kappa shape index (κ1) is 19.2. The van der Waals surface area contributed by atoms with Gasteiger partial charge in [-0.15, -0.1) is 0 Å². The van der Waals surface area contributed by atoms with Crippen molar-refractivity contribution in [3.05, 3.63) is 36.2 Å². The average Bonchev–Trinajstić information content (AvgIpc) is 2.64. The minimum atomic E-state index is -4.49. The normalized spacial score (nSPS) is 15.8. The zero-order chi connectivity index (χ0) is 19.4. The molecule has 0 amide bonds. The Labute approximate surface area is 154 Å². The molecule has 0 bridgehead atoms. The van der Waals surface area contributed by atoms with E-state index in [1.165, 1.54) is 24.5 Å². The lowest BCUT2D eigenvalue weighted by atomic mass is 10.1. The number of halogens is 3. The first-order valence-electron chi connectivity index (χ1n) is 8.52. The number of alkyl halides is 3. The zero-order valence-corrected chi connectivity index (χ0v) is 14.6. The van der Waals surface area contributed by atoms with Crippen LogP contribution in [0.4, 0.5) is 36.2 Å². The molecular formula is C17H21F3N6O. The van der Waals surface area contributed by atoms with E-state index in [1.54, 1.807) is 0 Å². The van der Waals surface area contributed by atoms with Gasteiger partial charge in [0, 0.05) is 32.7 Å². The molecular weight excluding hydrogens is 361 g/mol. The summed E-state index contributed by atoms with van der Waals surface area (Å²) in [4.78, 5) is 12.3. The van der Waals surface area contributed by atoms with Gasteiger partial charge in [0.25, 0.3) is 0 Å². The van der Waals surface area contributed by atoms with Gasteiger partial charge in [-0.25, -0.2) is 9.97 Å². The number of piperazine rings is 1. The highest BCUT2D eigenvalue weighted by molar-refractivity contribution is 5.79. The lowest BCUT2D eigenvalue weighted by molar-refractivity contribution is -0.136. The quantitative estimate of drug-likeness (QED) is 0.728. The number of β-amino-alcohol motifs (C(OH)–C–C–N with tert-alkyl or cyclic N) is 1. The summed E-state index contributed by atoms with van der Waals surface area (Å²) in [5, 5.41) is 11.7. The van der Waals surface area contributed by atoms with Gasteiger partial charge < -0.3 is 21.1 Å². The molecule has 3 rings (SSSR count). The molecule has 0 spiro atoms. The number of aromatic nitrogens is 2. The molecule has 7 nitrogen and oxygen atoms in total. The lowest BCUT2D eigenvalue weighted by Gasteiger charge is -2.35. The summed E-state index contributed by atoms with van der Waals surface area (Å²) in [7, 11) is 0. The van der Waals surface area contributed by atoms with Crippen LogP contribution in [-0.2, 0) is 6.18 Å². The number of nitrogen functional groups attached to an aromatic ring is 1. The van der Waals surface area contributed by atoms with E-state index in [-0.39, 0.29) is 23.8 Å². The number of aliphatic hydroxyl groups excluding tert-OH is 1. The van der Waals surface area contributed by atoms with Crippen molar-refractivity contribution >= 4 is 23.0 Å². The van der Waals surface area contributed by atoms with Crippen LogP contribution in [0.25, 0.3) is 0 Å². The Morgan fingerprint density at radius 2 is 1.81 bits per heavy atom. The Balaban J connectivity index is 1.81. The fourth-order valence-corrected chi connectivity index (χ4v) is 3.03. The number of benzene rings is 1. The van der Waals surface area contributed by atoms with Crippen LogP contribution in [0.3, 0.4) is 0 Å². The molecule has 27 heavy (non-hydrogen) atoms. The highest BCUT2D eigenvalue weighted by Crippen LogP contribution is 2.37. The fraction of sp³-hybridized carbons (Fsp3) is 0.412. The summed E-state index contributed by atoms with van der Waals surface area (Å²) in [6, 6.07) is 5.17. The first-order valence-corrected chi connectivity index (χ1v) is 8.52. The highest BCUT2D eigenvalue weighted by Gasteiger charge is 2.33. The molecule has 1 saturated heterocycles. The van der Waals surface area contributed by atoms with Crippen molar-refractivity contribution in [1.82, 2.24) is 14.9 Å². The van der Waals surface area contributed by atoms with E-state index in [9.17, 15) is 13.2 Å². The molecule has 4 N–H and O–H groups in total. The minimum Gasteiger partial charge on any atom is -0.395 e. The predicted molar refractivity (Wildman–Crippen MR) is 96.9 cm³/mol. The standard InChI is InChI=1S/C17H21F3N6O/c18-17(19,20)12-3-1-2-4-13(12)24-15-14(21)16(23-11-22-15)26-7-5-25(6-8-26)9-10-27/h1-4,11,27H,5-10,21H2,(H,22,23,24). The molecule has 0 aliphatic carbocycles. The number of nitrogens with one attached hydrogen (secondary N) is 1. The number of hydrogen-bond acceptors (Lipinski definition) is 7. The van der Waals surface area contributed by atoms with Crippen molar-refractivity contribution in [3.63, 3.8) is 0 Å². The second-order valence-corrected chi connectivity index (χ2v) is 6.18. The van der Waals surface area contributed by atoms with E-state index < -0.39 is 11.7 Å². The Kier molecular flexibility index (Phi) is 5.66. The highest BCUT2D eigenvalue weighted by atomic mass is 19.4. The van der Waals surface area contributed by atoms with E-state index in [0.717, 1.165) is 19.2 Å². The average molecular weight is 382 g/mol. The fourth-order valence-electron chi connectivity index (χ4n) is 3.03. The topological polar surface area (TPSA) is 90.5 Å². The molecule has 0 saturated carbocycles. The molecule has 1 aromatic carbocycles. The molecule has 0 unspecified atom stereocenters. The van der Waals surface area contributed by atoms with E-state index in [4.69, 9.17) is 10.8 Å². The number of para-hydroxylation sites is 1. The maximum Gasteiger partial charge on any atom is 0.418 e. The van der Waals surface area contributed by atoms with Crippen LogP contribution in [0.15, 0.2) is 30.6 Å². The third-order valence-corrected chi connectivity index (χ3v) is 4.44. The van der Waals surface area contributed by atoms with E-state index >= 15 is 0 Å². The summed E-state index contributed by atoms with van der Waals surface area (Å²) in [5.74, 6) is 0.620. The number of nitrogens with two attached hydrogens (primary N) is 1. The molecule has 1 aliphatic heterocycles. The van der Waals surface area contributed by atoms with Gasteiger partial charge in [0.05, 0.1) is 17.9 Å². The second-order valence-electron chi connectivity index (χ2n) is 6.18. The summed E-state index contributed by atoms with van der Waals surface area (Å²) >= 11 is 0. The SMILES string of the molecule is Nc1c(Nc2ccccc2C(F)(F)F)ncnc1N1CCN(CCO)CC1. The van der Waals surface area contributed by atoms with Gasteiger partial charge in [0.1, 0.15) is 12.0 Å². The van der Waals surface area contributed by atoms with Gasteiger partial charge >= 0.3 is 6.18 Å². The van der Waals surface area contributed by atoms with E-state index in [0.29, 0.717) is 25.5 Å². The van der Waals surface area contributed by atoms with Gasteiger partial charge in [0.2, 0.25) is 0 Å². The summed E-state index contributed by atoms with van der Waals surface area (Å²) in [6.45, 7) is 3.49. The molecule has 10 heteroatoms. The van der Waals surface area contributed by atoms with E-state index in [1.807, 2.05) is 4.90 Å².